The third-order valence-electron chi connectivity index (χ3n) is 4.70. The molecule has 5 nitrogen and oxygen atoms in total. The fourth-order valence-corrected chi connectivity index (χ4v) is 3.24. The minimum atomic E-state index is -0.767. The SMILES string of the molecule is O=C(Nc1ccc([C@@H]2C[C@H]2C(=O)O)cc1)C1Cc2cc(F)ccc2O1. The highest BCUT2D eigenvalue weighted by molar-refractivity contribution is 5.95. The second-order valence-corrected chi connectivity index (χ2v) is 6.46. The molecule has 1 amide bonds. The number of halogens is 1. The molecule has 25 heavy (non-hydrogen) atoms. The van der Waals surface area contributed by atoms with Crippen molar-refractivity contribution in [2.45, 2.75) is 24.9 Å². The molecule has 0 radical (unpaired) electrons. The van der Waals surface area contributed by atoms with Gasteiger partial charge in [0, 0.05) is 17.7 Å². The van der Waals surface area contributed by atoms with Gasteiger partial charge in [-0.2, -0.15) is 0 Å². The van der Waals surface area contributed by atoms with Crippen LogP contribution < -0.4 is 10.1 Å². The molecule has 1 aliphatic carbocycles. The van der Waals surface area contributed by atoms with Crippen LogP contribution in [0.15, 0.2) is 42.5 Å². The van der Waals surface area contributed by atoms with Crippen LogP contribution in [0.1, 0.15) is 23.5 Å². The highest BCUT2D eigenvalue weighted by atomic mass is 19.1. The number of carbonyl (C=O) groups excluding carboxylic acids is 1. The van der Waals surface area contributed by atoms with Crippen molar-refractivity contribution in [2.75, 3.05) is 5.32 Å². The van der Waals surface area contributed by atoms with E-state index in [0.29, 0.717) is 29.8 Å². The summed E-state index contributed by atoms with van der Waals surface area (Å²) in [6.07, 6.45) is 0.307. The Bertz CT molecular complexity index is 849. The summed E-state index contributed by atoms with van der Waals surface area (Å²) in [6, 6.07) is 11.4. The number of aliphatic carboxylic acids is 1. The predicted molar refractivity (Wildman–Crippen MR) is 88.1 cm³/mol. The molecule has 128 valence electrons. The fourth-order valence-electron chi connectivity index (χ4n) is 3.24. The van der Waals surface area contributed by atoms with E-state index in [1.165, 1.54) is 18.2 Å². The van der Waals surface area contributed by atoms with Gasteiger partial charge in [0.15, 0.2) is 6.10 Å². The standard InChI is InChI=1S/C19H16FNO4/c20-12-3-6-16-11(7-12)8-17(25-16)18(22)21-13-4-1-10(2-5-13)14-9-15(14)19(23)24/h1-7,14-15,17H,8-9H2,(H,21,22)(H,23,24)/t14-,15+,17?/m0/s1. The molecular formula is C19H16FNO4. The van der Waals surface area contributed by atoms with Gasteiger partial charge in [-0.25, -0.2) is 4.39 Å². The normalized spacial score (nSPS) is 23.5. The number of hydrogen-bond donors (Lipinski definition) is 2. The van der Waals surface area contributed by atoms with Crippen molar-refractivity contribution in [3.8, 4) is 5.75 Å². The number of benzene rings is 2. The summed E-state index contributed by atoms with van der Waals surface area (Å²) >= 11 is 0. The number of anilines is 1. The lowest BCUT2D eigenvalue weighted by Gasteiger charge is -2.11. The maximum absolute atomic E-state index is 13.2. The number of amides is 1. The minimum absolute atomic E-state index is 0.0600. The summed E-state index contributed by atoms with van der Waals surface area (Å²) in [5.74, 6) is -1.11. The largest absolute Gasteiger partial charge is 0.481 e. The average Bonchev–Trinajstić information content (AvgIpc) is 3.28. The Hall–Kier alpha value is -2.89. The summed E-state index contributed by atoms with van der Waals surface area (Å²) in [5, 5.41) is 11.8. The number of rotatable bonds is 4. The predicted octanol–water partition coefficient (Wildman–Crippen LogP) is 2.96. The molecule has 2 aliphatic rings. The zero-order chi connectivity index (χ0) is 17.6. The zero-order valence-corrected chi connectivity index (χ0v) is 13.2. The summed E-state index contributed by atoms with van der Waals surface area (Å²) in [4.78, 5) is 23.3. The van der Waals surface area contributed by atoms with Crippen molar-refractivity contribution < 1.29 is 23.8 Å². The third kappa shape index (κ3) is 3.07. The van der Waals surface area contributed by atoms with Crippen LogP contribution in [0.3, 0.4) is 0 Å². The molecule has 1 aliphatic heterocycles. The molecule has 2 N–H and O–H groups in total. The van der Waals surface area contributed by atoms with Gasteiger partial charge < -0.3 is 15.2 Å². The number of carboxylic acid groups (broad SMARTS) is 1. The maximum atomic E-state index is 13.2. The van der Waals surface area contributed by atoms with E-state index in [4.69, 9.17) is 9.84 Å². The first-order chi connectivity index (χ1) is 12.0. The Morgan fingerprint density at radius 2 is 1.92 bits per heavy atom. The maximum Gasteiger partial charge on any atom is 0.307 e. The summed E-state index contributed by atoms with van der Waals surface area (Å²) in [7, 11) is 0. The van der Waals surface area contributed by atoms with Crippen molar-refractivity contribution in [1.29, 1.82) is 0 Å². The monoisotopic (exact) mass is 341 g/mol. The molecule has 2 aromatic rings. The lowest BCUT2D eigenvalue weighted by atomic mass is 10.1. The lowest BCUT2D eigenvalue weighted by Crippen LogP contribution is -2.31. The van der Waals surface area contributed by atoms with Gasteiger partial charge >= 0.3 is 5.97 Å². The van der Waals surface area contributed by atoms with Gasteiger partial charge in [-0.3, -0.25) is 9.59 Å². The molecule has 0 saturated heterocycles. The number of carbonyl (C=O) groups is 2. The van der Waals surface area contributed by atoms with Crippen LogP contribution in [0.5, 0.6) is 5.75 Å². The lowest BCUT2D eigenvalue weighted by molar-refractivity contribution is -0.138. The Labute approximate surface area is 143 Å². The summed E-state index contributed by atoms with van der Waals surface area (Å²) in [6.45, 7) is 0. The Morgan fingerprint density at radius 3 is 2.60 bits per heavy atom. The van der Waals surface area contributed by atoms with E-state index in [-0.39, 0.29) is 23.6 Å². The van der Waals surface area contributed by atoms with Crippen molar-refractivity contribution in [2.24, 2.45) is 5.92 Å². The van der Waals surface area contributed by atoms with Gasteiger partial charge in [0.2, 0.25) is 0 Å². The van der Waals surface area contributed by atoms with Gasteiger partial charge in [0.05, 0.1) is 5.92 Å². The van der Waals surface area contributed by atoms with Crippen LogP contribution in [-0.4, -0.2) is 23.1 Å². The molecule has 3 atom stereocenters. The first-order valence-corrected chi connectivity index (χ1v) is 8.10. The van der Waals surface area contributed by atoms with Crippen LogP contribution in [0.25, 0.3) is 0 Å². The highest BCUT2D eigenvalue weighted by Crippen LogP contribution is 2.47. The molecule has 2 aromatic carbocycles. The van der Waals surface area contributed by atoms with Gasteiger partial charge in [-0.15, -0.1) is 0 Å². The molecule has 4 rings (SSSR count). The summed E-state index contributed by atoms with van der Waals surface area (Å²) < 4.78 is 18.8. The smallest absolute Gasteiger partial charge is 0.307 e. The van der Waals surface area contributed by atoms with E-state index >= 15 is 0 Å². The number of fused-ring (bicyclic) bond motifs is 1. The topological polar surface area (TPSA) is 75.6 Å². The molecule has 0 bridgehead atoms. The molecule has 1 fully saturated rings. The van der Waals surface area contributed by atoms with Crippen molar-refractivity contribution >= 4 is 17.6 Å². The number of carboxylic acids is 1. The van der Waals surface area contributed by atoms with Crippen molar-refractivity contribution in [3.05, 3.63) is 59.4 Å². The first-order valence-electron chi connectivity index (χ1n) is 8.10. The van der Waals surface area contributed by atoms with E-state index in [2.05, 4.69) is 5.32 Å². The van der Waals surface area contributed by atoms with E-state index in [0.717, 1.165) is 5.56 Å². The quantitative estimate of drug-likeness (QED) is 0.896. The van der Waals surface area contributed by atoms with Crippen LogP contribution >= 0.6 is 0 Å². The van der Waals surface area contributed by atoms with Gasteiger partial charge in [0.1, 0.15) is 11.6 Å². The van der Waals surface area contributed by atoms with E-state index in [1.54, 1.807) is 12.1 Å². The van der Waals surface area contributed by atoms with Crippen molar-refractivity contribution in [3.63, 3.8) is 0 Å². The molecule has 1 heterocycles. The second-order valence-electron chi connectivity index (χ2n) is 6.46. The fraction of sp³-hybridized carbons (Fsp3) is 0.263. The Balaban J connectivity index is 1.38. The molecule has 0 aromatic heterocycles. The van der Waals surface area contributed by atoms with Crippen LogP contribution in [0.4, 0.5) is 10.1 Å². The number of ether oxygens (including phenoxy) is 1. The highest BCUT2D eigenvalue weighted by Gasteiger charge is 2.44. The Kier molecular flexibility index (Phi) is 3.67. The minimum Gasteiger partial charge on any atom is -0.481 e. The molecule has 6 heteroatoms. The summed E-state index contributed by atoms with van der Waals surface area (Å²) in [5.41, 5.74) is 2.27. The molecule has 0 spiro atoms. The molecule has 1 unspecified atom stereocenters. The van der Waals surface area contributed by atoms with E-state index in [9.17, 15) is 14.0 Å². The van der Waals surface area contributed by atoms with E-state index < -0.39 is 12.1 Å². The van der Waals surface area contributed by atoms with Crippen LogP contribution in [0, 0.1) is 11.7 Å². The average molecular weight is 341 g/mol. The Morgan fingerprint density at radius 1 is 1.16 bits per heavy atom. The van der Waals surface area contributed by atoms with E-state index in [1.807, 2.05) is 12.1 Å². The van der Waals surface area contributed by atoms with Crippen molar-refractivity contribution in [1.82, 2.24) is 0 Å². The zero-order valence-electron chi connectivity index (χ0n) is 13.2. The van der Waals surface area contributed by atoms with Gasteiger partial charge in [0.25, 0.3) is 5.91 Å². The number of hydrogen-bond acceptors (Lipinski definition) is 3. The van der Waals surface area contributed by atoms with Gasteiger partial charge in [-0.1, -0.05) is 12.1 Å². The van der Waals surface area contributed by atoms with Crippen LogP contribution in [-0.2, 0) is 16.0 Å². The molecular weight excluding hydrogens is 325 g/mol. The number of nitrogens with one attached hydrogen (secondary N) is 1. The third-order valence-corrected chi connectivity index (χ3v) is 4.70. The van der Waals surface area contributed by atoms with Gasteiger partial charge in [-0.05, 0) is 48.2 Å². The first kappa shape index (κ1) is 15.6. The second kappa shape index (κ2) is 5.88. The molecule has 1 saturated carbocycles. The van der Waals surface area contributed by atoms with Crippen LogP contribution in [0.2, 0.25) is 0 Å².